The predicted molar refractivity (Wildman–Crippen MR) is 66.1 cm³/mol. The number of nitrogens with two attached hydrogens (primary N) is 1. The normalized spacial score (nSPS) is 25.9. The zero-order chi connectivity index (χ0) is 12.0. The molecule has 0 atom stereocenters. The van der Waals surface area contributed by atoms with E-state index in [-0.39, 0.29) is 5.91 Å². The molecule has 94 valence electrons. The molecule has 16 heavy (non-hydrogen) atoms. The van der Waals surface area contributed by atoms with Gasteiger partial charge in [-0.3, -0.25) is 4.79 Å². The standard InChI is InChI=1S/C12H25N3O/c1-15(2)8-7-14-11-5-3-10(4-6-11)9-12(13)16/h10-11,14H,3-9H2,1-2H3,(H2,13,16). The van der Waals surface area contributed by atoms with Gasteiger partial charge in [0.15, 0.2) is 0 Å². The highest BCUT2D eigenvalue weighted by Gasteiger charge is 2.21. The summed E-state index contributed by atoms with van der Waals surface area (Å²) in [6, 6.07) is 0.643. The first-order valence-corrected chi connectivity index (χ1v) is 6.24. The van der Waals surface area contributed by atoms with Crippen LogP contribution in [0.5, 0.6) is 0 Å². The van der Waals surface area contributed by atoms with E-state index in [1.165, 1.54) is 12.8 Å². The van der Waals surface area contributed by atoms with Crippen molar-refractivity contribution in [1.29, 1.82) is 0 Å². The summed E-state index contributed by atoms with van der Waals surface area (Å²) in [6.45, 7) is 2.14. The first-order valence-electron chi connectivity index (χ1n) is 6.24. The Bertz CT molecular complexity index is 210. The van der Waals surface area contributed by atoms with Gasteiger partial charge < -0.3 is 16.0 Å². The molecule has 1 saturated carbocycles. The number of hydrogen-bond donors (Lipinski definition) is 2. The Morgan fingerprint density at radius 1 is 1.31 bits per heavy atom. The van der Waals surface area contributed by atoms with Gasteiger partial charge in [0.05, 0.1) is 0 Å². The number of nitrogens with one attached hydrogen (secondary N) is 1. The number of likely N-dealkylation sites (N-methyl/N-ethyl adjacent to an activating group) is 1. The molecule has 3 N–H and O–H groups in total. The van der Waals surface area contributed by atoms with Gasteiger partial charge in [0.25, 0.3) is 0 Å². The van der Waals surface area contributed by atoms with Crippen LogP contribution in [0.2, 0.25) is 0 Å². The number of carbonyl (C=O) groups excluding carboxylic acids is 1. The van der Waals surface area contributed by atoms with E-state index in [0.717, 1.165) is 25.9 Å². The van der Waals surface area contributed by atoms with Gasteiger partial charge in [-0.25, -0.2) is 0 Å². The van der Waals surface area contributed by atoms with E-state index < -0.39 is 0 Å². The molecule has 1 fully saturated rings. The molecule has 4 nitrogen and oxygen atoms in total. The molecule has 0 aromatic carbocycles. The molecule has 1 aliphatic carbocycles. The van der Waals surface area contributed by atoms with Gasteiger partial charge in [-0.15, -0.1) is 0 Å². The SMILES string of the molecule is CN(C)CCNC1CCC(CC(N)=O)CC1. The molecule has 4 heteroatoms. The van der Waals surface area contributed by atoms with Crippen molar-refractivity contribution in [2.75, 3.05) is 27.2 Å². The lowest BCUT2D eigenvalue weighted by molar-refractivity contribution is -0.119. The zero-order valence-corrected chi connectivity index (χ0v) is 10.5. The minimum Gasteiger partial charge on any atom is -0.370 e. The molecule has 0 saturated heterocycles. The molecule has 0 bridgehead atoms. The zero-order valence-electron chi connectivity index (χ0n) is 10.5. The Morgan fingerprint density at radius 3 is 2.44 bits per heavy atom. The van der Waals surface area contributed by atoms with Gasteiger partial charge in [-0.1, -0.05) is 0 Å². The fourth-order valence-electron chi connectivity index (χ4n) is 2.35. The summed E-state index contributed by atoms with van der Waals surface area (Å²) in [7, 11) is 4.18. The van der Waals surface area contributed by atoms with E-state index in [1.54, 1.807) is 0 Å². The Kier molecular flexibility index (Phi) is 5.77. The van der Waals surface area contributed by atoms with Crippen molar-refractivity contribution in [1.82, 2.24) is 10.2 Å². The second kappa shape index (κ2) is 6.86. The van der Waals surface area contributed by atoms with E-state index in [1.807, 2.05) is 0 Å². The Hall–Kier alpha value is -0.610. The van der Waals surface area contributed by atoms with E-state index in [0.29, 0.717) is 18.4 Å². The molecule has 1 aliphatic rings. The highest BCUT2D eigenvalue weighted by molar-refractivity contribution is 5.73. The summed E-state index contributed by atoms with van der Waals surface area (Å²) < 4.78 is 0. The van der Waals surface area contributed by atoms with Crippen molar-refractivity contribution in [2.45, 2.75) is 38.1 Å². The summed E-state index contributed by atoms with van der Waals surface area (Å²) in [5.74, 6) is 0.383. The summed E-state index contributed by atoms with van der Waals surface area (Å²) >= 11 is 0. The molecule has 0 aromatic rings. The third-order valence-electron chi connectivity index (χ3n) is 3.33. The van der Waals surface area contributed by atoms with Crippen LogP contribution in [-0.4, -0.2) is 44.0 Å². The number of hydrogen-bond acceptors (Lipinski definition) is 3. The lowest BCUT2D eigenvalue weighted by atomic mass is 9.84. The second-order valence-corrected chi connectivity index (χ2v) is 5.15. The van der Waals surface area contributed by atoms with Crippen molar-refractivity contribution in [3.63, 3.8) is 0 Å². The fraction of sp³-hybridized carbons (Fsp3) is 0.917. The summed E-state index contributed by atoms with van der Waals surface area (Å²) in [5, 5.41) is 3.57. The van der Waals surface area contributed by atoms with Crippen molar-refractivity contribution in [3.8, 4) is 0 Å². The number of primary amides is 1. The molecule has 0 aliphatic heterocycles. The van der Waals surface area contributed by atoms with Gasteiger partial charge in [0, 0.05) is 25.6 Å². The maximum absolute atomic E-state index is 10.8. The van der Waals surface area contributed by atoms with Gasteiger partial charge in [0.1, 0.15) is 0 Å². The molecule has 0 aromatic heterocycles. The van der Waals surface area contributed by atoms with E-state index in [4.69, 9.17) is 5.73 Å². The molecule has 0 unspecified atom stereocenters. The van der Waals surface area contributed by atoms with Crippen LogP contribution in [0.3, 0.4) is 0 Å². The van der Waals surface area contributed by atoms with Gasteiger partial charge in [-0.05, 0) is 45.7 Å². The number of carbonyl (C=O) groups is 1. The lowest BCUT2D eigenvalue weighted by Gasteiger charge is -2.29. The smallest absolute Gasteiger partial charge is 0.217 e. The van der Waals surface area contributed by atoms with Gasteiger partial charge in [0.2, 0.25) is 5.91 Å². The minimum atomic E-state index is -0.149. The lowest BCUT2D eigenvalue weighted by Crippen LogP contribution is -2.37. The molecule has 1 amide bonds. The fourth-order valence-corrected chi connectivity index (χ4v) is 2.35. The molecule has 0 spiro atoms. The summed E-state index contributed by atoms with van der Waals surface area (Å²) in [4.78, 5) is 13.0. The Labute approximate surface area is 98.6 Å². The number of rotatable bonds is 6. The van der Waals surface area contributed by atoms with Crippen LogP contribution in [0.15, 0.2) is 0 Å². The number of amides is 1. The summed E-state index contributed by atoms with van der Waals surface area (Å²) in [5.41, 5.74) is 5.21. The largest absolute Gasteiger partial charge is 0.370 e. The summed E-state index contributed by atoms with van der Waals surface area (Å²) in [6.07, 6.45) is 5.23. The van der Waals surface area contributed by atoms with Crippen LogP contribution in [0, 0.1) is 5.92 Å². The van der Waals surface area contributed by atoms with Gasteiger partial charge in [-0.2, -0.15) is 0 Å². The third-order valence-corrected chi connectivity index (χ3v) is 3.33. The van der Waals surface area contributed by atoms with E-state index >= 15 is 0 Å². The molecule has 0 radical (unpaired) electrons. The van der Waals surface area contributed by atoms with Crippen LogP contribution in [-0.2, 0) is 4.79 Å². The average Bonchev–Trinajstić information content (AvgIpc) is 2.19. The number of nitrogens with zero attached hydrogens (tertiary/aromatic N) is 1. The van der Waals surface area contributed by atoms with Crippen LogP contribution in [0.25, 0.3) is 0 Å². The second-order valence-electron chi connectivity index (χ2n) is 5.15. The van der Waals surface area contributed by atoms with E-state index in [9.17, 15) is 4.79 Å². The molecular formula is C12H25N3O. The van der Waals surface area contributed by atoms with Crippen LogP contribution in [0.1, 0.15) is 32.1 Å². The van der Waals surface area contributed by atoms with Gasteiger partial charge >= 0.3 is 0 Å². The molecule has 0 heterocycles. The van der Waals surface area contributed by atoms with Crippen LogP contribution < -0.4 is 11.1 Å². The monoisotopic (exact) mass is 227 g/mol. The predicted octanol–water partition coefficient (Wildman–Crippen LogP) is 0.572. The topological polar surface area (TPSA) is 58.4 Å². The molecule has 1 rings (SSSR count). The molecular weight excluding hydrogens is 202 g/mol. The highest BCUT2D eigenvalue weighted by Crippen LogP contribution is 2.26. The van der Waals surface area contributed by atoms with Crippen molar-refractivity contribution in [3.05, 3.63) is 0 Å². The highest BCUT2D eigenvalue weighted by atomic mass is 16.1. The van der Waals surface area contributed by atoms with Crippen LogP contribution in [0.4, 0.5) is 0 Å². The van der Waals surface area contributed by atoms with Crippen molar-refractivity contribution < 1.29 is 4.79 Å². The quantitative estimate of drug-likeness (QED) is 0.697. The first-order chi connectivity index (χ1) is 7.58. The van der Waals surface area contributed by atoms with Crippen molar-refractivity contribution >= 4 is 5.91 Å². The van der Waals surface area contributed by atoms with Crippen molar-refractivity contribution in [2.24, 2.45) is 11.7 Å². The Morgan fingerprint density at radius 2 is 1.94 bits per heavy atom. The van der Waals surface area contributed by atoms with E-state index in [2.05, 4.69) is 24.3 Å². The minimum absolute atomic E-state index is 0.149. The third kappa shape index (κ3) is 5.47. The maximum Gasteiger partial charge on any atom is 0.217 e. The average molecular weight is 227 g/mol. The Balaban J connectivity index is 2.10. The van der Waals surface area contributed by atoms with Crippen LogP contribution >= 0.6 is 0 Å². The maximum atomic E-state index is 10.8. The first kappa shape index (κ1) is 13.5.